The van der Waals surface area contributed by atoms with E-state index in [4.69, 9.17) is 14.2 Å². The molecule has 5 rings (SSSR count). The highest BCUT2D eigenvalue weighted by Crippen LogP contribution is 2.48. The minimum Gasteiger partial charge on any atom is -0.497 e. The van der Waals surface area contributed by atoms with Gasteiger partial charge in [0, 0.05) is 18.7 Å². The van der Waals surface area contributed by atoms with E-state index in [1.807, 2.05) is 79.4 Å². The van der Waals surface area contributed by atoms with Gasteiger partial charge in [0.15, 0.2) is 11.5 Å². The van der Waals surface area contributed by atoms with Crippen molar-refractivity contribution < 1.29 is 23.8 Å². The van der Waals surface area contributed by atoms with Gasteiger partial charge >= 0.3 is 0 Å². The zero-order valence-corrected chi connectivity index (χ0v) is 21.5. The van der Waals surface area contributed by atoms with Gasteiger partial charge in [-0.15, -0.1) is 0 Å². The van der Waals surface area contributed by atoms with Gasteiger partial charge < -0.3 is 24.4 Å². The number of methoxy groups -OCH3 is 1. The Kier molecular flexibility index (Phi) is 7.04. The summed E-state index contributed by atoms with van der Waals surface area (Å²) in [6.07, 6.45) is 0.685. The lowest BCUT2D eigenvalue weighted by molar-refractivity contribution is -0.124. The average Bonchev–Trinajstić information content (AvgIpc) is 2.92. The number of hydrogen-bond donors (Lipinski definition) is 1. The number of carbonyl (C=O) groups is 2. The van der Waals surface area contributed by atoms with Gasteiger partial charge in [-0.05, 0) is 72.9 Å². The van der Waals surface area contributed by atoms with Gasteiger partial charge in [0.1, 0.15) is 5.75 Å². The van der Waals surface area contributed by atoms with Crippen molar-refractivity contribution in [3.63, 3.8) is 0 Å². The Morgan fingerprint density at radius 3 is 2.49 bits per heavy atom. The standard InChI is InChI=1S/C30H32N2O5/c1-4-36-25-16-20-13-14-32-28(24(20)17-26(25)37-5-2)27(22-11-6-7-12-23(22)30(32)34)29(33)31-18-19-9-8-10-21(15-19)35-3/h6-12,15-17,27-28H,4-5,13-14,18H2,1-3H3,(H,31,33). The predicted molar refractivity (Wildman–Crippen MR) is 140 cm³/mol. The number of benzene rings is 3. The Bertz CT molecular complexity index is 1320. The Balaban J connectivity index is 1.56. The lowest BCUT2D eigenvalue weighted by Gasteiger charge is -2.45. The maximum absolute atomic E-state index is 13.9. The zero-order chi connectivity index (χ0) is 25.9. The minimum absolute atomic E-state index is 0.0464. The number of nitrogens with zero attached hydrogens (tertiary/aromatic N) is 1. The smallest absolute Gasteiger partial charge is 0.254 e. The molecule has 2 unspecified atom stereocenters. The van der Waals surface area contributed by atoms with Crippen LogP contribution < -0.4 is 19.5 Å². The highest BCUT2D eigenvalue weighted by atomic mass is 16.5. The second kappa shape index (κ2) is 10.5. The molecule has 3 aromatic carbocycles. The van der Waals surface area contributed by atoms with Crippen LogP contribution >= 0.6 is 0 Å². The number of fused-ring (bicyclic) bond motifs is 4. The molecule has 2 aliphatic rings. The number of rotatable bonds is 8. The molecule has 0 aliphatic carbocycles. The molecule has 7 nitrogen and oxygen atoms in total. The van der Waals surface area contributed by atoms with Crippen LogP contribution in [0.1, 0.15) is 58.4 Å². The molecule has 7 heteroatoms. The summed E-state index contributed by atoms with van der Waals surface area (Å²) in [5.41, 5.74) is 4.28. The van der Waals surface area contributed by atoms with Gasteiger partial charge in [-0.2, -0.15) is 0 Å². The third-order valence-electron chi connectivity index (χ3n) is 7.07. The molecule has 0 saturated carbocycles. The SMILES string of the molecule is CCOc1cc2c(cc1OCC)C1C(C(=O)NCc3cccc(OC)c3)c3ccccc3C(=O)N1CC2. The Labute approximate surface area is 217 Å². The molecular weight excluding hydrogens is 468 g/mol. The number of ether oxygens (including phenoxy) is 3. The fourth-order valence-electron chi connectivity index (χ4n) is 5.44. The summed E-state index contributed by atoms with van der Waals surface area (Å²) < 4.78 is 17.1. The molecule has 192 valence electrons. The molecule has 3 aromatic rings. The fraction of sp³-hybridized carbons (Fsp3) is 0.333. The molecule has 2 atom stereocenters. The van der Waals surface area contributed by atoms with Crippen molar-refractivity contribution in [1.29, 1.82) is 0 Å². The van der Waals surface area contributed by atoms with E-state index in [-0.39, 0.29) is 11.8 Å². The maximum Gasteiger partial charge on any atom is 0.254 e. The van der Waals surface area contributed by atoms with Crippen LogP contribution in [-0.2, 0) is 17.8 Å². The molecule has 0 aromatic heterocycles. The summed E-state index contributed by atoms with van der Waals surface area (Å²) >= 11 is 0. The lowest BCUT2D eigenvalue weighted by atomic mass is 9.75. The number of hydrogen-bond acceptors (Lipinski definition) is 5. The molecule has 0 fully saturated rings. The number of carbonyl (C=O) groups excluding carboxylic acids is 2. The highest BCUT2D eigenvalue weighted by molar-refractivity contribution is 6.01. The summed E-state index contributed by atoms with van der Waals surface area (Å²) in [6, 6.07) is 18.6. The van der Waals surface area contributed by atoms with Crippen molar-refractivity contribution in [3.05, 3.63) is 88.5 Å². The second-order valence-corrected chi connectivity index (χ2v) is 9.19. The van der Waals surface area contributed by atoms with Crippen LogP contribution in [0.15, 0.2) is 60.7 Å². The molecule has 0 radical (unpaired) electrons. The fourth-order valence-corrected chi connectivity index (χ4v) is 5.44. The summed E-state index contributed by atoms with van der Waals surface area (Å²) in [5, 5.41) is 3.12. The van der Waals surface area contributed by atoms with E-state index in [9.17, 15) is 9.59 Å². The van der Waals surface area contributed by atoms with Gasteiger partial charge in [-0.25, -0.2) is 0 Å². The highest BCUT2D eigenvalue weighted by Gasteiger charge is 2.46. The predicted octanol–water partition coefficient (Wildman–Crippen LogP) is 4.65. The third kappa shape index (κ3) is 4.61. The monoisotopic (exact) mass is 500 g/mol. The van der Waals surface area contributed by atoms with Crippen molar-refractivity contribution >= 4 is 11.8 Å². The third-order valence-corrected chi connectivity index (χ3v) is 7.07. The summed E-state index contributed by atoms with van der Waals surface area (Å²) in [7, 11) is 1.62. The van der Waals surface area contributed by atoms with Crippen LogP contribution in [0.2, 0.25) is 0 Å². The van der Waals surface area contributed by atoms with E-state index in [2.05, 4.69) is 5.32 Å². The molecule has 2 heterocycles. The Morgan fingerprint density at radius 1 is 0.973 bits per heavy atom. The molecule has 0 spiro atoms. The maximum atomic E-state index is 13.9. The van der Waals surface area contributed by atoms with E-state index in [1.165, 1.54) is 0 Å². The molecule has 0 saturated heterocycles. The van der Waals surface area contributed by atoms with E-state index >= 15 is 0 Å². The molecule has 0 bridgehead atoms. The van der Waals surface area contributed by atoms with Crippen LogP contribution in [0.4, 0.5) is 0 Å². The number of nitrogens with one attached hydrogen (secondary N) is 1. The molecule has 1 N–H and O–H groups in total. The van der Waals surface area contributed by atoms with E-state index < -0.39 is 12.0 Å². The van der Waals surface area contributed by atoms with Crippen LogP contribution in [0.5, 0.6) is 17.2 Å². The van der Waals surface area contributed by atoms with Gasteiger partial charge in [0.25, 0.3) is 5.91 Å². The largest absolute Gasteiger partial charge is 0.497 e. The molecule has 2 amide bonds. The first-order valence-electron chi connectivity index (χ1n) is 12.8. The first kappa shape index (κ1) is 24.7. The van der Waals surface area contributed by atoms with E-state index in [1.54, 1.807) is 7.11 Å². The molecule has 2 aliphatic heterocycles. The topological polar surface area (TPSA) is 77.1 Å². The first-order valence-corrected chi connectivity index (χ1v) is 12.8. The molecular formula is C30H32N2O5. The zero-order valence-electron chi connectivity index (χ0n) is 21.5. The summed E-state index contributed by atoms with van der Waals surface area (Å²) in [5.74, 6) is 1.32. The quantitative estimate of drug-likeness (QED) is 0.487. The average molecular weight is 501 g/mol. The van der Waals surface area contributed by atoms with Gasteiger partial charge in [0.05, 0.1) is 32.3 Å². The van der Waals surface area contributed by atoms with Gasteiger partial charge in [0.2, 0.25) is 5.91 Å². The van der Waals surface area contributed by atoms with Crippen LogP contribution in [0.3, 0.4) is 0 Å². The van der Waals surface area contributed by atoms with Gasteiger partial charge in [-0.1, -0.05) is 30.3 Å². The summed E-state index contributed by atoms with van der Waals surface area (Å²) in [6.45, 7) is 5.77. The van der Waals surface area contributed by atoms with Gasteiger partial charge in [-0.3, -0.25) is 9.59 Å². The van der Waals surface area contributed by atoms with Crippen molar-refractivity contribution in [2.45, 2.75) is 38.8 Å². The Morgan fingerprint density at radius 2 is 1.73 bits per heavy atom. The van der Waals surface area contributed by atoms with Crippen molar-refractivity contribution in [2.24, 2.45) is 0 Å². The van der Waals surface area contributed by atoms with Crippen molar-refractivity contribution in [2.75, 3.05) is 26.9 Å². The van der Waals surface area contributed by atoms with Crippen LogP contribution in [0, 0.1) is 0 Å². The van der Waals surface area contributed by atoms with Crippen LogP contribution in [0.25, 0.3) is 0 Å². The normalized spacial score (nSPS) is 17.8. The van der Waals surface area contributed by atoms with Crippen LogP contribution in [-0.4, -0.2) is 43.6 Å². The van der Waals surface area contributed by atoms with Crippen molar-refractivity contribution in [1.82, 2.24) is 10.2 Å². The van der Waals surface area contributed by atoms with Crippen molar-refractivity contribution in [3.8, 4) is 17.2 Å². The first-order chi connectivity index (χ1) is 18.0. The summed E-state index contributed by atoms with van der Waals surface area (Å²) in [4.78, 5) is 29.3. The minimum atomic E-state index is -0.564. The second-order valence-electron chi connectivity index (χ2n) is 9.19. The number of amides is 2. The molecule has 37 heavy (non-hydrogen) atoms. The lowest BCUT2D eigenvalue weighted by Crippen LogP contribution is -2.50. The van der Waals surface area contributed by atoms with E-state index in [0.717, 1.165) is 28.0 Å². The van der Waals surface area contributed by atoms with E-state index in [0.29, 0.717) is 49.8 Å². The Hall–Kier alpha value is -4.00.